The summed E-state index contributed by atoms with van der Waals surface area (Å²) in [5.41, 5.74) is 4.06. The van der Waals surface area contributed by atoms with Crippen LogP contribution in [0.1, 0.15) is 0 Å². The zero-order valence-electron chi connectivity index (χ0n) is 9.67. The molecule has 2 aromatic carbocycles. The Hall–Kier alpha value is -2.36. The van der Waals surface area contributed by atoms with Crippen molar-refractivity contribution in [2.24, 2.45) is 0 Å². The maximum Gasteiger partial charge on any atom is 0.143 e. The van der Waals surface area contributed by atoms with Gasteiger partial charge < -0.3 is 5.32 Å². The van der Waals surface area contributed by atoms with Crippen LogP contribution in [0.2, 0.25) is 0 Å². The Labute approximate surface area is 106 Å². The highest BCUT2D eigenvalue weighted by Gasteiger charge is 1.99. The van der Waals surface area contributed by atoms with Gasteiger partial charge in [-0.2, -0.15) is 0 Å². The molecule has 0 saturated heterocycles. The molecule has 2 radical (unpaired) electrons. The molecule has 3 nitrogen and oxygen atoms in total. The number of fused-ring (bicyclic) bond motifs is 1. The molecule has 84 valence electrons. The minimum absolute atomic E-state index is 0.430. The van der Waals surface area contributed by atoms with Gasteiger partial charge in [-0.05, 0) is 30.3 Å². The van der Waals surface area contributed by atoms with E-state index in [4.69, 9.17) is 7.85 Å². The van der Waals surface area contributed by atoms with Gasteiger partial charge in [0.25, 0.3) is 0 Å². The van der Waals surface area contributed by atoms with Crippen molar-refractivity contribution in [3.63, 3.8) is 0 Å². The first kappa shape index (κ1) is 10.8. The van der Waals surface area contributed by atoms with Gasteiger partial charge >= 0.3 is 0 Å². The summed E-state index contributed by atoms with van der Waals surface area (Å²) in [6, 6.07) is 15.8. The van der Waals surface area contributed by atoms with Crippen molar-refractivity contribution in [1.82, 2.24) is 9.97 Å². The molecule has 1 N–H and O–H groups in total. The fourth-order valence-electron chi connectivity index (χ4n) is 1.79. The number of nitrogens with one attached hydrogen (secondary N) is 1. The van der Waals surface area contributed by atoms with Gasteiger partial charge in [0.1, 0.15) is 7.85 Å². The fraction of sp³-hybridized carbons (Fsp3) is 0. The van der Waals surface area contributed by atoms with Crippen molar-refractivity contribution in [1.29, 1.82) is 0 Å². The quantitative estimate of drug-likeness (QED) is 0.687. The number of para-hydroxylation sites is 1. The summed E-state index contributed by atoms with van der Waals surface area (Å²) in [6.45, 7) is 0. The first-order valence-electron chi connectivity index (χ1n) is 5.66. The summed E-state index contributed by atoms with van der Waals surface area (Å²) in [7, 11) is 5.63. The summed E-state index contributed by atoms with van der Waals surface area (Å²) in [4.78, 5) is 8.47. The highest BCUT2D eigenvalue weighted by Crippen LogP contribution is 2.19. The van der Waals surface area contributed by atoms with Crippen molar-refractivity contribution in [2.75, 3.05) is 5.32 Å². The Morgan fingerprint density at radius 3 is 2.56 bits per heavy atom. The van der Waals surface area contributed by atoms with Crippen LogP contribution in [0.4, 0.5) is 11.4 Å². The maximum absolute atomic E-state index is 5.63. The first-order chi connectivity index (χ1) is 8.81. The molecule has 0 aliphatic rings. The van der Waals surface area contributed by atoms with Gasteiger partial charge in [-0.3, -0.25) is 9.97 Å². The van der Waals surface area contributed by atoms with E-state index in [1.54, 1.807) is 6.20 Å². The Balaban J connectivity index is 1.98. The van der Waals surface area contributed by atoms with E-state index in [-0.39, 0.29) is 0 Å². The monoisotopic (exact) mass is 231 g/mol. The van der Waals surface area contributed by atoms with Gasteiger partial charge in [0, 0.05) is 23.2 Å². The van der Waals surface area contributed by atoms with Crippen molar-refractivity contribution >= 4 is 35.8 Å². The summed E-state index contributed by atoms with van der Waals surface area (Å²) < 4.78 is 0. The van der Waals surface area contributed by atoms with E-state index in [1.807, 2.05) is 48.5 Å². The molecule has 0 bridgehead atoms. The molecule has 18 heavy (non-hydrogen) atoms. The zero-order valence-corrected chi connectivity index (χ0v) is 9.67. The van der Waals surface area contributed by atoms with Crippen LogP contribution in [0.3, 0.4) is 0 Å². The normalized spacial score (nSPS) is 10.4. The second-order valence-electron chi connectivity index (χ2n) is 3.99. The average Bonchev–Trinajstić information content (AvgIpc) is 2.39. The molecule has 1 heterocycles. The lowest BCUT2D eigenvalue weighted by atomic mass is 10.1. The van der Waals surface area contributed by atoms with Crippen LogP contribution in [0.25, 0.3) is 11.0 Å². The minimum atomic E-state index is 0.430. The van der Waals surface area contributed by atoms with Crippen molar-refractivity contribution in [3.05, 3.63) is 54.7 Å². The van der Waals surface area contributed by atoms with Crippen molar-refractivity contribution < 1.29 is 0 Å². The summed E-state index contributed by atoms with van der Waals surface area (Å²) >= 11 is 0. The number of rotatable bonds is 2. The van der Waals surface area contributed by atoms with Crippen LogP contribution in [0, 0.1) is 0 Å². The molecule has 0 unspecified atom stereocenters. The van der Waals surface area contributed by atoms with Gasteiger partial charge in [0.2, 0.25) is 0 Å². The molecular weight excluding hydrogens is 221 g/mol. The molecule has 1 aromatic heterocycles. The lowest BCUT2D eigenvalue weighted by Gasteiger charge is -2.07. The van der Waals surface area contributed by atoms with Crippen molar-refractivity contribution in [2.45, 2.75) is 0 Å². The number of hydrogen-bond donors (Lipinski definition) is 1. The first-order valence-corrected chi connectivity index (χ1v) is 5.66. The van der Waals surface area contributed by atoms with Gasteiger partial charge in [0.05, 0.1) is 11.0 Å². The molecule has 0 fully saturated rings. The number of aromatic nitrogens is 2. The second kappa shape index (κ2) is 4.49. The van der Waals surface area contributed by atoms with E-state index < -0.39 is 0 Å². The smallest absolute Gasteiger partial charge is 0.143 e. The molecule has 3 rings (SSSR count). The lowest BCUT2D eigenvalue weighted by Crippen LogP contribution is -2.08. The van der Waals surface area contributed by atoms with Crippen molar-refractivity contribution in [3.8, 4) is 0 Å². The molecule has 0 atom stereocenters. The van der Waals surface area contributed by atoms with Crippen LogP contribution < -0.4 is 10.9 Å². The number of benzene rings is 2. The molecule has 0 spiro atoms. The topological polar surface area (TPSA) is 37.8 Å². The highest BCUT2D eigenvalue weighted by atomic mass is 14.9. The average molecular weight is 231 g/mol. The number of hydrogen-bond acceptors (Lipinski definition) is 3. The second-order valence-corrected chi connectivity index (χ2v) is 3.99. The van der Waals surface area contributed by atoms with Gasteiger partial charge in [-0.1, -0.05) is 18.2 Å². The summed E-state index contributed by atoms with van der Waals surface area (Å²) in [6.07, 6.45) is 1.56. The lowest BCUT2D eigenvalue weighted by molar-refractivity contribution is 1.34. The molecule has 0 aliphatic heterocycles. The van der Waals surface area contributed by atoms with E-state index in [2.05, 4.69) is 15.3 Å². The molecule has 0 aliphatic carbocycles. The van der Waals surface area contributed by atoms with Gasteiger partial charge in [0.15, 0.2) is 0 Å². The van der Waals surface area contributed by atoms with E-state index in [0.717, 1.165) is 22.4 Å². The summed E-state index contributed by atoms with van der Waals surface area (Å²) in [5, 5.41) is 3.31. The molecular formula is C14H10BN3. The largest absolute Gasteiger partial charge is 0.355 e. The standard InChI is InChI=1S/C14H10BN3/c15-14-9-16-12-7-6-11(8-13(12)18-14)17-10-4-2-1-3-5-10/h1-9,17H. The Kier molecular flexibility index (Phi) is 2.69. The maximum atomic E-state index is 5.63. The summed E-state index contributed by atoms with van der Waals surface area (Å²) in [5.74, 6) is 0. The zero-order chi connectivity index (χ0) is 12.4. The predicted molar refractivity (Wildman–Crippen MR) is 74.7 cm³/mol. The molecule has 0 amide bonds. The fourth-order valence-corrected chi connectivity index (χ4v) is 1.79. The number of nitrogens with zero attached hydrogens (tertiary/aromatic N) is 2. The Bertz CT molecular complexity index is 683. The Morgan fingerprint density at radius 1 is 0.889 bits per heavy atom. The molecule has 3 aromatic rings. The molecule has 4 heteroatoms. The van der Waals surface area contributed by atoms with Crippen LogP contribution >= 0.6 is 0 Å². The molecule has 0 saturated carbocycles. The van der Waals surface area contributed by atoms with Crippen LogP contribution in [-0.4, -0.2) is 17.8 Å². The van der Waals surface area contributed by atoms with E-state index in [9.17, 15) is 0 Å². The highest BCUT2D eigenvalue weighted by molar-refractivity contribution is 6.30. The van der Waals surface area contributed by atoms with Gasteiger partial charge in [-0.15, -0.1) is 0 Å². The van der Waals surface area contributed by atoms with Crippen LogP contribution in [-0.2, 0) is 0 Å². The van der Waals surface area contributed by atoms with Crippen LogP contribution in [0.15, 0.2) is 54.7 Å². The predicted octanol–water partition coefficient (Wildman–Crippen LogP) is 2.17. The van der Waals surface area contributed by atoms with E-state index in [0.29, 0.717) is 5.59 Å². The third-order valence-corrected chi connectivity index (χ3v) is 2.62. The Morgan fingerprint density at radius 2 is 1.72 bits per heavy atom. The van der Waals surface area contributed by atoms with Crippen LogP contribution in [0.5, 0.6) is 0 Å². The van der Waals surface area contributed by atoms with Gasteiger partial charge in [-0.25, -0.2) is 0 Å². The number of anilines is 2. The van der Waals surface area contributed by atoms with E-state index >= 15 is 0 Å². The third kappa shape index (κ3) is 2.18. The minimum Gasteiger partial charge on any atom is -0.355 e. The third-order valence-electron chi connectivity index (χ3n) is 2.62. The van der Waals surface area contributed by atoms with E-state index in [1.165, 1.54) is 0 Å². The SMILES string of the molecule is [B]c1cnc2ccc(Nc3ccccc3)cc2n1.